The van der Waals surface area contributed by atoms with E-state index >= 15 is 0 Å². The van der Waals surface area contributed by atoms with E-state index in [1.807, 2.05) is 32.2 Å². The predicted molar refractivity (Wildman–Crippen MR) is 81.7 cm³/mol. The first-order valence-corrected chi connectivity index (χ1v) is 6.90. The molecule has 3 aromatic rings. The van der Waals surface area contributed by atoms with Gasteiger partial charge in [0.05, 0.1) is 11.9 Å². The molecule has 0 saturated carbocycles. The standard InChI is InChI=1S/C14H13N3O.C2H6/c1-2-10-7-15-14-13(17-10)12(8-16-14)9-3-5-11(18)6-4-9;1-2/h3-8,18H,2H2,1H3,(H,15,16);1-2H3. The number of aromatic nitrogens is 3. The van der Waals surface area contributed by atoms with Crippen molar-refractivity contribution in [3.05, 3.63) is 42.4 Å². The molecule has 0 spiro atoms. The number of H-pyrrole nitrogens is 1. The van der Waals surface area contributed by atoms with Crippen molar-refractivity contribution in [3.63, 3.8) is 0 Å². The molecular formula is C16H19N3O. The van der Waals surface area contributed by atoms with Crippen molar-refractivity contribution in [1.29, 1.82) is 0 Å². The Bertz CT molecular complexity index is 687. The van der Waals surface area contributed by atoms with Crippen molar-refractivity contribution in [2.75, 3.05) is 0 Å². The van der Waals surface area contributed by atoms with Gasteiger partial charge in [-0.15, -0.1) is 0 Å². The van der Waals surface area contributed by atoms with Crippen LogP contribution in [0, 0.1) is 0 Å². The van der Waals surface area contributed by atoms with Gasteiger partial charge in [0.25, 0.3) is 0 Å². The fourth-order valence-corrected chi connectivity index (χ4v) is 1.96. The van der Waals surface area contributed by atoms with E-state index in [2.05, 4.69) is 21.9 Å². The summed E-state index contributed by atoms with van der Waals surface area (Å²) < 4.78 is 0. The first-order chi connectivity index (χ1) is 9.78. The van der Waals surface area contributed by atoms with Crippen molar-refractivity contribution in [2.24, 2.45) is 0 Å². The average molecular weight is 269 g/mol. The highest BCUT2D eigenvalue weighted by Gasteiger charge is 2.09. The number of hydrogen-bond acceptors (Lipinski definition) is 3. The lowest BCUT2D eigenvalue weighted by Gasteiger charge is -2.00. The van der Waals surface area contributed by atoms with E-state index in [9.17, 15) is 5.11 Å². The Morgan fingerprint density at radius 3 is 2.50 bits per heavy atom. The first kappa shape index (κ1) is 14.1. The summed E-state index contributed by atoms with van der Waals surface area (Å²) in [5.74, 6) is 0.263. The molecule has 0 saturated heterocycles. The second kappa shape index (κ2) is 6.19. The van der Waals surface area contributed by atoms with Gasteiger partial charge in [-0.2, -0.15) is 0 Å². The molecular weight excluding hydrogens is 250 g/mol. The van der Waals surface area contributed by atoms with Gasteiger partial charge in [-0.1, -0.05) is 32.9 Å². The zero-order valence-corrected chi connectivity index (χ0v) is 12.0. The predicted octanol–water partition coefficient (Wildman–Crippen LogP) is 3.92. The molecule has 104 valence electrons. The van der Waals surface area contributed by atoms with E-state index in [4.69, 9.17) is 0 Å². The smallest absolute Gasteiger partial charge is 0.156 e. The number of nitrogens with one attached hydrogen (secondary N) is 1. The van der Waals surface area contributed by atoms with E-state index in [0.717, 1.165) is 34.4 Å². The van der Waals surface area contributed by atoms with Gasteiger partial charge in [0.15, 0.2) is 5.65 Å². The third kappa shape index (κ3) is 2.64. The maximum atomic E-state index is 9.31. The van der Waals surface area contributed by atoms with Crippen molar-refractivity contribution in [2.45, 2.75) is 27.2 Å². The number of rotatable bonds is 2. The maximum Gasteiger partial charge on any atom is 0.156 e. The van der Waals surface area contributed by atoms with Crippen LogP contribution < -0.4 is 0 Å². The lowest BCUT2D eigenvalue weighted by molar-refractivity contribution is 0.475. The molecule has 3 rings (SSSR count). The van der Waals surface area contributed by atoms with Gasteiger partial charge < -0.3 is 10.1 Å². The molecule has 4 heteroatoms. The molecule has 2 N–H and O–H groups in total. The van der Waals surface area contributed by atoms with Gasteiger partial charge in [0, 0.05) is 11.8 Å². The Hall–Kier alpha value is -2.36. The number of aromatic amines is 1. The van der Waals surface area contributed by atoms with E-state index in [1.54, 1.807) is 18.3 Å². The summed E-state index contributed by atoms with van der Waals surface area (Å²) in [5.41, 5.74) is 4.66. The monoisotopic (exact) mass is 269 g/mol. The summed E-state index contributed by atoms with van der Waals surface area (Å²) in [7, 11) is 0. The van der Waals surface area contributed by atoms with Gasteiger partial charge in [-0.25, -0.2) is 9.97 Å². The van der Waals surface area contributed by atoms with Crippen LogP contribution >= 0.6 is 0 Å². The molecule has 1 aromatic carbocycles. The molecule has 2 aromatic heterocycles. The molecule has 0 amide bonds. The maximum absolute atomic E-state index is 9.31. The van der Waals surface area contributed by atoms with Crippen molar-refractivity contribution in [1.82, 2.24) is 15.0 Å². The van der Waals surface area contributed by atoms with Crippen LogP contribution in [0.1, 0.15) is 26.5 Å². The highest BCUT2D eigenvalue weighted by molar-refractivity contribution is 5.90. The lowest BCUT2D eigenvalue weighted by Crippen LogP contribution is -1.90. The van der Waals surface area contributed by atoms with Crippen LogP contribution in [0.2, 0.25) is 0 Å². The van der Waals surface area contributed by atoms with Gasteiger partial charge in [0.1, 0.15) is 11.3 Å². The topological polar surface area (TPSA) is 61.8 Å². The second-order valence-electron chi connectivity index (χ2n) is 4.16. The Kier molecular flexibility index (Phi) is 4.35. The normalized spacial score (nSPS) is 10.2. The van der Waals surface area contributed by atoms with Crippen LogP contribution in [-0.2, 0) is 6.42 Å². The van der Waals surface area contributed by atoms with Gasteiger partial charge >= 0.3 is 0 Å². The third-order valence-corrected chi connectivity index (χ3v) is 2.97. The fourth-order valence-electron chi connectivity index (χ4n) is 1.96. The summed E-state index contributed by atoms with van der Waals surface area (Å²) in [6.07, 6.45) is 4.55. The number of phenols is 1. The molecule has 0 aliphatic carbocycles. The zero-order chi connectivity index (χ0) is 14.5. The van der Waals surface area contributed by atoms with Gasteiger partial charge in [-0.3, -0.25) is 0 Å². The van der Waals surface area contributed by atoms with E-state index in [-0.39, 0.29) is 5.75 Å². The Morgan fingerprint density at radius 2 is 1.85 bits per heavy atom. The van der Waals surface area contributed by atoms with Crippen LogP contribution in [-0.4, -0.2) is 20.1 Å². The highest BCUT2D eigenvalue weighted by Crippen LogP contribution is 2.27. The molecule has 4 nitrogen and oxygen atoms in total. The highest BCUT2D eigenvalue weighted by atomic mass is 16.3. The minimum atomic E-state index is 0.263. The quantitative estimate of drug-likeness (QED) is 0.741. The number of aryl methyl sites for hydroxylation is 1. The van der Waals surface area contributed by atoms with Crippen molar-refractivity contribution in [3.8, 4) is 16.9 Å². The fraction of sp³-hybridized carbons (Fsp3) is 0.250. The molecule has 0 aliphatic heterocycles. The summed E-state index contributed by atoms with van der Waals surface area (Å²) in [4.78, 5) is 12.1. The summed E-state index contributed by atoms with van der Waals surface area (Å²) >= 11 is 0. The molecule has 0 fully saturated rings. The molecule has 0 aliphatic rings. The summed E-state index contributed by atoms with van der Waals surface area (Å²) in [5, 5.41) is 9.31. The van der Waals surface area contributed by atoms with Gasteiger partial charge in [-0.05, 0) is 24.1 Å². The largest absolute Gasteiger partial charge is 0.508 e. The molecule has 0 unspecified atom stereocenters. The number of benzene rings is 1. The summed E-state index contributed by atoms with van der Waals surface area (Å²) in [6, 6.07) is 7.09. The third-order valence-electron chi connectivity index (χ3n) is 2.97. The Balaban J connectivity index is 0.000000704. The molecule has 20 heavy (non-hydrogen) atoms. The van der Waals surface area contributed by atoms with Crippen molar-refractivity contribution >= 4 is 11.2 Å². The van der Waals surface area contributed by atoms with E-state index in [0.29, 0.717) is 0 Å². The SMILES string of the molecule is CC.CCc1cnc2[nH]cc(-c3ccc(O)cc3)c2n1. The lowest BCUT2D eigenvalue weighted by atomic mass is 10.1. The van der Waals surface area contributed by atoms with Crippen molar-refractivity contribution < 1.29 is 5.11 Å². The Morgan fingerprint density at radius 1 is 1.15 bits per heavy atom. The Labute approximate surface area is 118 Å². The number of fused-ring (bicyclic) bond motifs is 1. The van der Waals surface area contributed by atoms with E-state index < -0.39 is 0 Å². The van der Waals surface area contributed by atoms with E-state index in [1.165, 1.54) is 0 Å². The molecule has 0 atom stereocenters. The molecule has 0 bridgehead atoms. The molecule has 2 heterocycles. The number of hydrogen-bond donors (Lipinski definition) is 2. The number of nitrogens with zero attached hydrogens (tertiary/aromatic N) is 2. The second-order valence-corrected chi connectivity index (χ2v) is 4.16. The minimum Gasteiger partial charge on any atom is -0.508 e. The summed E-state index contributed by atoms with van der Waals surface area (Å²) in [6.45, 7) is 6.06. The van der Waals surface area contributed by atoms with Crippen LogP contribution in [0.5, 0.6) is 5.75 Å². The van der Waals surface area contributed by atoms with Gasteiger partial charge in [0.2, 0.25) is 0 Å². The van der Waals surface area contributed by atoms with Crippen LogP contribution in [0.4, 0.5) is 0 Å². The van der Waals surface area contributed by atoms with Crippen LogP contribution in [0.15, 0.2) is 36.7 Å². The van der Waals surface area contributed by atoms with Crippen LogP contribution in [0.3, 0.4) is 0 Å². The molecule has 0 radical (unpaired) electrons. The number of aromatic hydroxyl groups is 1. The zero-order valence-electron chi connectivity index (χ0n) is 12.0. The minimum absolute atomic E-state index is 0.263. The first-order valence-electron chi connectivity index (χ1n) is 6.90. The van der Waals surface area contributed by atoms with Crippen LogP contribution in [0.25, 0.3) is 22.3 Å². The number of phenolic OH excluding ortho intramolecular Hbond substituents is 1. The average Bonchev–Trinajstić information content (AvgIpc) is 2.93.